The Balaban J connectivity index is 2.54. The average Bonchev–Trinajstić information content (AvgIpc) is 2.18. The lowest BCUT2D eigenvalue weighted by molar-refractivity contribution is -0.121. The fraction of sp³-hybridized carbons (Fsp3) is 0.700. The lowest BCUT2D eigenvalue weighted by Gasteiger charge is -2.12. The quantitative estimate of drug-likeness (QED) is 0.556. The molecule has 1 saturated carbocycles. The van der Waals surface area contributed by atoms with Crippen molar-refractivity contribution in [3.05, 3.63) is 12.2 Å². The summed E-state index contributed by atoms with van der Waals surface area (Å²) in [6.45, 7) is 8.00. The van der Waals surface area contributed by atoms with Crippen LogP contribution >= 0.6 is 0 Å². The first kappa shape index (κ1) is 8.51. The van der Waals surface area contributed by atoms with Gasteiger partial charge >= 0.3 is 0 Å². The molecule has 0 aromatic carbocycles. The van der Waals surface area contributed by atoms with Crippen LogP contribution in [0.25, 0.3) is 0 Å². The highest BCUT2D eigenvalue weighted by atomic mass is 16.1. The van der Waals surface area contributed by atoms with Crippen molar-refractivity contribution in [1.82, 2.24) is 0 Å². The van der Waals surface area contributed by atoms with E-state index in [1.807, 2.05) is 6.92 Å². The second-order valence-corrected chi connectivity index (χ2v) is 3.75. The van der Waals surface area contributed by atoms with Crippen LogP contribution in [0.15, 0.2) is 12.2 Å². The Morgan fingerprint density at radius 3 is 2.73 bits per heavy atom. The van der Waals surface area contributed by atoms with Gasteiger partial charge in [-0.15, -0.1) is 6.58 Å². The molecule has 0 bridgehead atoms. The monoisotopic (exact) mass is 152 g/mol. The molecular formula is C10H16O. The van der Waals surface area contributed by atoms with Crippen molar-refractivity contribution in [1.29, 1.82) is 0 Å². The highest BCUT2D eigenvalue weighted by Crippen LogP contribution is 2.32. The van der Waals surface area contributed by atoms with Gasteiger partial charge in [0, 0.05) is 12.3 Å². The predicted octanol–water partition coefficient (Wildman–Crippen LogP) is 2.57. The number of Topliss-reactive ketones (excluding diaryl/α,β-unsaturated/α-hetero) is 1. The van der Waals surface area contributed by atoms with E-state index in [2.05, 4.69) is 13.5 Å². The second kappa shape index (κ2) is 3.21. The molecule has 1 nitrogen and oxygen atoms in total. The van der Waals surface area contributed by atoms with Crippen LogP contribution in [0.4, 0.5) is 0 Å². The maximum Gasteiger partial charge on any atom is 0.136 e. The van der Waals surface area contributed by atoms with E-state index in [0.717, 1.165) is 24.8 Å². The first-order chi connectivity index (χ1) is 5.11. The van der Waals surface area contributed by atoms with E-state index >= 15 is 0 Å². The molecule has 0 heterocycles. The summed E-state index contributed by atoms with van der Waals surface area (Å²) in [6.07, 6.45) is 2.77. The molecule has 0 spiro atoms. The standard InChI is InChI=1S/C10H16O/c1-7(2)6-9-8(3)4-5-10(9)11/h8-9H,1,4-6H2,2-3H3/t8-,9-/m1/s1. The van der Waals surface area contributed by atoms with Crippen LogP contribution in [-0.2, 0) is 4.79 Å². The molecule has 2 atom stereocenters. The molecular weight excluding hydrogens is 136 g/mol. The number of ketones is 1. The molecule has 1 aliphatic rings. The van der Waals surface area contributed by atoms with Gasteiger partial charge in [-0.3, -0.25) is 4.79 Å². The van der Waals surface area contributed by atoms with Crippen LogP contribution in [0.1, 0.15) is 33.1 Å². The molecule has 0 aromatic heterocycles. The largest absolute Gasteiger partial charge is 0.299 e. The molecule has 62 valence electrons. The van der Waals surface area contributed by atoms with Crippen LogP contribution in [0.5, 0.6) is 0 Å². The minimum absolute atomic E-state index is 0.285. The van der Waals surface area contributed by atoms with E-state index in [1.54, 1.807) is 0 Å². The van der Waals surface area contributed by atoms with E-state index in [9.17, 15) is 4.79 Å². The second-order valence-electron chi connectivity index (χ2n) is 3.75. The maximum atomic E-state index is 11.3. The lowest BCUT2D eigenvalue weighted by Crippen LogP contribution is -2.12. The summed E-state index contributed by atoms with van der Waals surface area (Å²) >= 11 is 0. The molecule has 1 aliphatic carbocycles. The lowest BCUT2D eigenvalue weighted by atomic mass is 9.91. The zero-order chi connectivity index (χ0) is 8.43. The van der Waals surface area contributed by atoms with Crippen LogP contribution in [0.2, 0.25) is 0 Å². The van der Waals surface area contributed by atoms with E-state index in [0.29, 0.717) is 11.7 Å². The zero-order valence-electron chi connectivity index (χ0n) is 7.39. The van der Waals surface area contributed by atoms with Gasteiger partial charge in [-0.1, -0.05) is 12.5 Å². The first-order valence-electron chi connectivity index (χ1n) is 4.28. The zero-order valence-corrected chi connectivity index (χ0v) is 7.39. The van der Waals surface area contributed by atoms with E-state index in [1.165, 1.54) is 0 Å². The summed E-state index contributed by atoms with van der Waals surface area (Å²) in [7, 11) is 0. The molecule has 0 aliphatic heterocycles. The van der Waals surface area contributed by atoms with Crippen molar-refractivity contribution >= 4 is 5.78 Å². The summed E-state index contributed by atoms with van der Waals surface area (Å²) in [5, 5.41) is 0. The average molecular weight is 152 g/mol. The Morgan fingerprint density at radius 1 is 1.73 bits per heavy atom. The molecule has 1 rings (SSSR count). The van der Waals surface area contributed by atoms with Crippen molar-refractivity contribution in [2.45, 2.75) is 33.1 Å². The van der Waals surface area contributed by atoms with Gasteiger partial charge in [0.2, 0.25) is 0 Å². The molecule has 0 N–H and O–H groups in total. The van der Waals surface area contributed by atoms with Crippen molar-refractivity contribution in [3.8, 4) is 0 Å². The third-order valence-electron chi connectivity index (χ3n) is 2.51. The molecule has 0 saturated heterocycles. The molecule has 0 amide bonds. The Morgan fingerprint density at radius 2 is 2.36 bits per heavy atom. The summed E-state index contributed by atoms with van der Waals surface area (Å²) < 4.78 is 0. The van der Waals surface area contributed by atoms with Gasteiger partial charge in [0.25, 0.3) is 0 Å². The van der Waals surface area contributed by atoms with E-state index in [4.69, 9.17) is 0 Å². The third-order valence-corrected chi connectivity index (χ3v) is 2.51. The Kier molecular flexibility index (Phi) is 2.48. The Hall–Kier alpha value is -0.590. The molecule has 0 radical (unpaired) electrons. The fourth-order valence-electron chi connectivity index (χ4n) is 1.76. The summed E-state index contributed by atoms with van der Waals surface area (Å²) in [4.78, 5) is 11.3. The maximum absolute atomic E-state index is 11.3. The van der Waals surface area contributed by atoms with Crippen molar-refractivity contribution < 1.29 is 4.79 Å². The van der Waals surface area contributed by atoms with Gasteiger partial charge in [-0.05, 0) is 25.7 Å². The van der Waals surface area contributed by atoms with Gasteiger partial charge in [0.05, 0.1) is 0 Å². The molecule has 1 fully saturated rings. The molecule has 11 heavy (non-hydrogen) atoms. The molecule has 0 unspecified atom stereocenters. The molecule has 1 heteroatoms. The van der Waals surface area contributed by atoms with Crippen LogP contribution in [-0.4, -0.2) is 5.78 Å². The van der Waals surface area contributed by atoms with Gasteiger partial charge in [0.1, 0.15) is 5.78 Å². The smallest absolute Gasteiger partial charge is 0.136 e. The van der Waals surface area contributed by atoms with Crippen LogP contribution in [0.3, 0.4) is 0 Å². The van der Waals surface area contributed by atoms with Gasteiger partial charge in [-0.2, -0.15) is 0 Å². The topological polar surface area (TPSA) is 17.1 Å². The first-order valence-corrected chi connectivity index (χ1v) is 4.28. The number of hydrogen-bond acceptors (Lipinski definition) is 1. The summed E-state index contributed by atoms with van der Waals surface area (Å²) in [6, 6.07) is 0. The Bertz CT molecular complexity index is 181. The number of hydrogen-bond donors (Lipinski definition) is 0. The van der Waals surface area contributed by atoms with Crippen molar-refractivity contribution in [3.63, 3.8) is 0 Å². The Labute approximate surface area is 68.5 Å². The van der Waals surface area contributed by atoms with Crippen LogP contribution < -0.4 is 0 Å². The normalized spacial score (nSPS) is 30.9. The van der Waals surface area contributed by atoms with Crippen molar-refractivity contribution in [2.75, 3.05) is 0 Å². The number of allylic oxidation sites excluding steroid dienone is 1. The number of carbonyl (C=O) groups is 1. The highest BCUT2D eigenvalue weighted by Gasteiger charge is 2.30. The number of rotatable bonds is 2. The summed E-state index contributed by atoms with van der Waals surface area (Å²) in [5.74, 6) is 1.31. The number of carbonyl (C=O) groups excluding carboxylic acids is 1. The predicted molar refractivity (Wildman–Crippen MR) is 46.3 cm³/mol. The van der Waals surface area contributed by atoms with Crippen molar-refractivity contribution in [2.24, 2.45) is 11.8 Å². The minimum Gasteiger partial charge on any atom is -0.299 e. The minimum atomic E-state index is 0.285. The SMILES string of the molecule is C=C(C)C[C@H]1C(=O)CC[C@H]1C. The fourth-order valence-corrected chi connectivity index (χ4v) is 1.76. The van der Waals surface area contributed by atoms with Gasteiger partial charge in [0.15, 0.2) is 0 Å². The third kappa shape index (κ3) is 1.92. The molecule has 0 aromatic rings. The summed E-state index contributed by atoms with van der Waals surface area (Å²) in [5.41, 5.74) is 1.14. The van der Waals surface area contributed by atoms with E-state index in [-0.39, 0.29) is 5.92 Å². The van der Waals surface area contributed by atoms with Gasteiger partial charge in [-0.25, -0.2) is 0 Å². The van der Waals surface area contributed by atoms with E-state index < -0.39 is 0 Å². The highest BCUT2D eigenvalue weighted by molar-refractivity contribution is 5.83. The van der Waals surface area contributed by atoms with Crippen LogP contribution in [0, 0.1) is 11.8 Å². The van der Waals surface area contributed by atoms with Gasteiger partial charge < -0.3 is 0 Å².